The van der Waals surface area contributed by atoms with Gasteiger partial charge >= 0.3 is 0 Å². The van der Waals surface area contributed by atoms with E-state index in [0.717, 1.165) is 25.9 Å². The van der Waals surface area contributed by atoms with E-state index in [4.69, 9.17) is 0 Å². The Kier molecular flexibility index (Phi) is 3.72. The molecule has 1 heterocycles. The molecule has 1 saturated heterocycles. The fourth-order valence-electron chi connectivity index (χ4n) is 2.25. The van der Waals surface area contributed by atoms with E-state index < -0.39 is 0 Å². The van der Waals surface area contributed by atoms with Crippen LogP contribution in [-0.2, 0) is 0 Å². The number of carbonyl (C=O) groups is 1. The number of hydrogen-bond donors (Lipinski definition) is 3. The second kappa shape index (κ2) is 5.27. The maximum Gasteiger partial charge on any atom is 0.261 e. The molecule has 0 saturated carbocycles. The summed E-state index contributed by atoms with van der Waals surface area (Å²) in [5.41, 5.74) is -0.0226. The molecule has 1 amide bonds. The summed E-state index contributed by atoms with van der Waals surface area (Å²) in [5.74, 6) is -0.717. The summed E-state index contributed by atoms with van der Waals surface area (Å²) in [6.45, 7) is 1.72. The van der Waals surface area contributed by atoms with Gasteiger partial charge in [0.1, 0.15) is 17.1 Å². The lowest BCUT2D eigenvalue weighted by Crippen LogP contribution is -2.46. The van der Waals surface area contributed by atoms with E-state index in [1.165, 1.54) is 18.2 Å². The molecule has 0 aromatic heterocycles. The Morgan fingerprint density at radius 2 is 2.06 bits per heavy atom. The number of phenols is 2. The number of piperidine rings is 1. The third-order valence-electron chi connectivity index (χ3n) is 3.37. The Bertz CT molecular complexity index is 422. The second-order valence-corrected chi connectivity index (χ2v) is 4.59. The van der Waals surface area contributed by atoms with E-state index >= 15 is 0 Å². The Balaban J connectivity index is 2.19. The molecule has 1 aliphatic heterocycles. The number of nitrogens with one attached hydrogen (secondary N) is 1. The zero-order valence-corrected chi connectivity index (χ0v) is 10.4. The first-order chi connectivity index (χ1) is 8.61. The first kappa shape index (κ1) is 12.7. The largest absolute Gasteiger partial charge is 0.507 e. The summed E-state index contributed by atoms with van der Waals surface area (Å²) in [5, 5.41) is 22.6. The first-order valence-electron chi connectivity index (χ1n) is 6.10. The topological polar surface area (TPSA) is 72.8 Å². The van der Waals surface area contributed by atoms with Crippen LogP contribution in [0.15, 0.2) is 18.2 Å². The molecule has 1 unspecified atom stereocenters. The van der Waals surface area contributed by atoms with Gasteiger partial charge in [-0.2, -0.15) is 0 Å². The minimum absolute atomic E-state index is 0.0226. The van der Waals surface area contributed by atoms with Gasteiger partial charge in [-0.15, -0.1) is 0 Å². The quantitative estimate of drug-likeness (QED) is 0.730. The average Bonchev–Trinajstić information content (AvgIpc) is 2.38. The molecule has 1 atom stereocenters. The van der Waals surface area contributed by atoms with Crippen molar-refractivity contribution in [2.45, 2.75) is 18.9 Å². The number of phenolic OH excluding ortho intramolecular Hbond substituents is 2. The molecule has 0 radical (unpaired) electrons. The standard InChI is InChI=1S/C13H18N2O3/c1-15(9-4-3-7-14-8-9)13(18)12-10(16)5-2-6-11(12)17/h2,5-6,9,14,16-17H,3-4,7-8H2,1H3. The Labute approximate surface area is 106 Å². The van der Waals surface area contributed by atoms with E-state index in [1.54, 1.807) is 11.9 Å². The number of rotatable bonds is 2. The number of nitrogens with zero attached hydrogens (tertiary/aromatic N) is 1. The molecule has 5 nitrogen and oxygen atoms in total. The number of aromatic hydroxyl groups is 2. The van der Waals surface area contributed by atoms with Gasteiger partial charge in [-0.25, -0.2) is 0 Å². The van der Waals surface area contributed by atoms with Crippen molar-refractivity contribution in [2.24, 2.45) is 0 Å². The zero-order valence-electron chi connectivity index (χ0n) is 10.4. The predicted octanol–water partition coefficient (Wildman–Crippen LogP) is 0.922. The van der Waals surface area contributed by atoms with Crippen LogP contribution in [-0.4, -0.2) is 47.2 Å². The van der Waals surface area contributed by atoms with Crippen molar-refractivity contribution in [3.8, 4) is 11.5 Å². The first-order valence-corrected chi connectivity index (χ1v) is 6.10. The lowest BCUT2D eigenvalue weighted by molar-refractivity contribution is 0.0702. The van der Waals surface area contributed by atoms with Crippen molar-refractivity contribution in [2.75, 3.05) is 20.1 Å². The number of hydrogen-bond acceptors (Lipinski definition) is 4. The van der Waals surface area contributed by atoms with Crippen molar-refractivity contribution < 1.29 is 15.0 Å². The van der Waals surface area contributed by atoms with E-state index in [-0.39, 0.29) is 29.0 Å². The van der Waals surface area contributed by atoms with Crippen LogP contribution in [0.1, 0.15) is 23.2 Å². The van der Waals surface area contributed by atoms with Crippen molar-refractivity contribution in [1.29, 1.82) is 0 Å². The van der Waals surface area contributed by atoms with Gasteiger partial charge < -0.3 is 20.4 Å². The van der Waals surface area contributed by atoms with E-state index in [1.807, 2.05) is 0 Å². The molecule has 1 aliphatic rings. The molecule has 2 rings (SSSR count). The Morgan fingerprint density at radius 1 is 1.39 bits per heavy atom. The minimum Gasteiger partial charge on any atom is -0.507 e. The van der Waals surface area contributed by atoms with Crippen LogP contribution in [0.3, 0.4) is 0 Å². The number of benzene rings is 1. The molecule has 5 heteroatoms. The second-order valence-electron chi connectivity index (χ2n) is 4.59. The highest BCUT2D eigenvalue weighted by Gasteiger charge is 2.26. The van der Waals surface area contributed by atoms with Crippen LogP contribution in [0.5, 0.6) is 11.5 Å². The molecule has 1 aromatic carbocycles. The molecular weight excluding hydrogens is 232 g/mol. The predicted molar refractivity (Wildman–Crippen MR) is 67.8 cm³/mol. The zero-order chi connectivity index (χ0) is 13.1. The normalized spacial score (nSPS) is 19.5. The van der Waals surface area contributed by atoms with E-state index in [9.17, 15) is 15.0 Å². The highest BCUT2D eigenvalue weighted by molar-refractivity contribution is 5.99. The average molecular weight is 250 g/mol. The van der Waals surface area contributed by atoms with Gasteiger partial charge in [-0.3, -0.25) is 4.79 Å². The van der Waals surface area contributed by atoms with Crippen LogP contribution in [0, 0.1) is 0 Å². The van der Waals surface area contributed by atoms with Crippen molar-refractivity contribution in [1.82, 2.24) is 10.2 Å². The van der Waals surface area contributed by atoms with Gasteiger partial charge in [0.05, 0.1) is 0 Å². The lowest BCUT2D eigenvalue weighted by Gasteiger charge is -2.32. The van der Waals surface area contributed by atoms with Gasteiger partial charge in [0.2, 0.25) is 0 Å². The molecule has 1 aromatic rings. The highest BCUT2D eigenvalue weighted by Crippen LogP contribution is 2.28. The monoisotopic (exact) mass is 250 g/mol. The number of likely N-dealkylation sites (N-methyl/N-ethyl adjacent to an activating group) is 1. The maximum absolute atomic E-state index is 12.3. The molecule has 0 bridgehead atoms. The van der Waals surface area contributed by atoms with Gasteiger partial charge in [0, 0.05) is 19.6 Å². The van der Waals surface area contributed by atoms with Gasteiger partial charge in [0.25, 0.3) is 5.91 Å². The lowest BCUT2D eigenvalue weighted by atomic mass is 10.0. The Hall–Kier alpha value is -1.75. The smallest absolute Gasteiger partial charge is 0.261 e. The van der Waals surface area contributed by atoms with Gasteiger partial charge in [0.15, 0.2) is 0 Å². The van der Waals surface area contributed by atoms with E-state index in [0.29, 0.717) is 0 Å². The van der Waals surface area contributed by atoms with Crippen LogP contribution < -0.4 is 5.32 Å². The summed E-state index contributed by atoms with van der Waals surface area (Å²) in [6, 6.07) is 4.41. The van der Waals surface area contributed by atoms with Crippen LogP contribution in [0.2, 0.25) is 0 Å². The SMILES string of the molecule is CN(C(=O)c1c(O)cccc1O)C1CCCNC1. The molecule has 0 aliphatic carbocycles. The van der Waals surface area contributed by atoms with Crippen molar-refractivity contribution in [3.63, 3.8) is 0 Å². The third-order valence-corrected chi connectivity index (χ3v) is 3.37. The number of carbonyl (C=O) groups excluding carboxylic acids is 1. The molecule has 98 valence electrons. The number of amides is 1. The van der Waals surface area contributed by atoms with Gasteiger partial charge in [-0.05, 0) is 31.5 Å². The summed E-state index contributed by atoms with van der Waals surface area (Å²) in [4.78, 5) is 13.8. The molecular formula is C13H18N2O3. The van der Waals surface area contributed by atoms with Crippen LogP contribution in [0.4, 0.5) is 0 Å². The van der Waals surface area contributed by atoms with Crippen molar-refractivity contribution >= 4 is 5.91 Å². The fraction of sp³-hybridized carbons (Fsp3) is 0.462. The maximum atomic E-state index is 12.3. The van der Waals surface area contributed by atoms with Crippen LogP contribution >= 0.6 is 0 Å². The molecule has 0 spiro atoms. The summed E-state index contributed by atoms with van der Waals surface area (Å²) in [6.07, 6.45) is 1.96. The summed E-state index contributed by atoms with van der Waals surface area (Å²) < 4.78 is 0. The summed E-state index contributed by atoms with van der Waals surface area (Å²) >= 11 is 0. The molecule has 3 N–H and O–H groups in total. The van der Waals surface area contributed by atoms with Gasteiger partial charge in [-0.1, -0.05) is 6.07 Å². The highest BCUT2D eigenvalue weighted by atomic mass is 16.3. The fourth-order valence-corrected chi connectivity index (χ4v) is 2.25. The minimum atomic E-state index is -0.348. The molecule has 18 heavy (non-hydrogen) atoms. The Morgan fingerprint density at radius 3 is 2.61 bits per heavy atom. The molecule has 1 fully saturated rings. The van der Waals surface area contributed by atoms with Crippen molar-refractivity contribution in [3.05, 3.63) is 23.8 Å². The third kappa shape index (κ3) is 2.41. The summed E-state index contributed by atoms with van der Waals surface area (Å²) in [7, 11) is 1.70. The van der Waals surface area contributed by atoms with Crippen LogP contribution in [0.25, 0.3) is 0 Å². The van der Waals surface area contributed by atoms with E-state index in [2.05, 4.69) is 5.32 Å².